The van der Waals surface area contributed by atoms with Crippen LogP contribution in [0.25, 0.3) is 11.3 Å². The summed E-state index contributed by atoms with van der Waals surface area (Å²) in [5, 5.41) is 7.15. The molecule has 6 nitrogen and oxygen atoms in total. The Balaban J connectivity index is 1.63. The molecule has 6 heteroatoms. The largest absolute Gasteiger partial charge is 0.360 e. The van der Waals surface area contributed by atoms with Crippen LogP contribution >= 0.6 is 0 Å². The van der Waals surface area contributed by atoms with E-state index in [1.54, 1.807) is 30.8 Å². The number of benzene rings is 1. The number of carbonyl (C=O) groups is 2. The number of rotatable bonds is 5. The van der Waals surface area contributed by atoms with Crippen LogP contribution in [0.2, 0.25) is 0 Å². The average Bonchev–Trinajstić information content (AvgIpc) is 3.42. The Morgan fingerprint density at radius 3 is 2.61 bits per heavy atom. The lowest BCUT2D eigenvalue weighted by Gasteiger charge is -2.11. The van der Waals surface area contributed by atoms with Crippen molar-refractivity contribution in [2.75, 3.05) is 0 Å². The molecule has 0 radical (unpaired) electrons. The Hall–Kier alpha value is -3.15. The highest BCUT2D eigenvalue weighted by atomic mass is 16.5. The summed E-state index contributed by atoms with van der Waals surface area (Å²) in [6.45, 7) is 1.73. The van der Waals surface area contributed by atoms with E-state index in [2.05, 4.69) is 10.5 Å². The highest BCUT2D eigenvalue weighted by molar-refractivity contribution is 6.13. The van der Waals surface area contributed by atoms with Crippen molar-refractivity contribution in [3.05, 3.63) is 65.2 Å². The third kappa shape index (κ3) is 3.38. The molecule has 1 N–H and O–H groups in total. The summed E-state index contributed by atoms with van der Waals surface area (Å²) in [4.78, 5) is 25.8. The summed E-state index contributed by atoms with van der Waals surface area (Å²) in [6, 6.07) is 11.3. The number of carbonyl (C=O) groups excluding carboxylic acids is 2. The molecule has 0 unspecified atom stereocenters. The zero-order valence-corrected chi connectivity index (χ0v) is 16.1. The predicted molar refractivity (Wildman–Crippen MR) is 105 cm³/mol. The van der Waals surface area contributed by atoms with E-state index in [1.165, 1.54) is 0 Å². The third-order valence-corrected chi connectivity index (χ3v) is 5.33. The molecule has 1 aliphatic carbocycles. The van der Waals surface area contributed by atoms with Crippen LogP contribution < -0.4 is 5.32 Å². The van der Waals surface area contributed by atoms with Gasteiger partial charge in [-0.2, -0.15) is 0 Å². The number of aromatic nitrogens is 2. The van der Waals surface area contributed by atoms with Gasteiger partial charge in [-0.05, 0) is 25.8 Å². The van der Waals surface area contributed by atoms with E-state index in [4.69, 9.17) is 4.52 Å². The lowest BCUT2D eigenvalue weighted by Crippen LogP contribution is -2.33. The van der Waals surface area contributed by atoms with E-state index in [0.717, 1.165) is 31.2 Å². The van der Waals surface area contributed by atoms with E-state index >= 15 is 0 Å². The predicted octanol–water partition coefficient (Wildman–Crippen LogP) is 3.89. The molecule has 0 bridgehead atoms. The smallest absolute Gasteiger partial charge is 0.268 e. The van der Waals surface area contributed by atoms with Gasteiger partial charge >= 0.3 is 0 Å². The summed E-state index contributed by atoms with van der Waals surface area (Å²) >= 11 is 0. The molecule has 2 aromatic heterocycles. The van der Waals surface area contributed by atoms with Gasteiger partial charge in [-0.3, -0.25) is 9.59 Å². The zero-order valence-electron chi connectivity index (χ0n) is 16.1. The number of hydrogen-bond acceptors (Lipinski definition) is 4. The maximum Gasteiger partial charge on any atom is 0.268 e. The van der Waals surface area contributed by atoms with E-state index in [-0.39, 0.29) is 17.7 Å². The van der Waals surface area contributed by atoms with Gasteiger partial charge in [0, 0.05) is 30.4 Å². The van der Waals surface area contributed by atoms with Crippen molar-refractivity contribution in [2.45, 2.75) is 38.6 Å². The van der Waals surface area contributed by atoms with Gasteiger partial charge in [0.1, 0.15) is 17.1 Å². The molecular formula is C22H23N3O3. The van der Waals surface area contributed by atoms with Crippen LogP contribution in [0.3, 0.4) is 0 Å². The Bertz CT molecular complexity index is 1010. The third-order valence-electron chi connectivity index (χ3n) is 5.33. The normalized spacial score (nSPS) is 14.4. The van der Waals surface area contributed by atoms with Crippen molar-refractivity contribution >= 4 is 11.7 Å². The van der Waals surface area contributed by atoms with E-state index < -0.39 is 0 Å². The Morgan fingerprint density at radius 2 is 1.89 bits per heavy atom. The standard InChI is InChI=1S/C22H23N3O3/c1-14-19(20(24-28-14)15-8-4-3-5-9-15)21(26)16-12-18(25(2)13-16)22(27)23-17-10-6-7-11-17/h3-5,8-9,12-13,17H,6-7,10-11H2,1-2H3,(H,23,27). The maximum atomic E-state index is 13.2. The minimum absolute atomic E-state index is 0.140. The average molecular weight is 377 g/mol. The molecular weight excluding hydrogens is 354 g/mol. The summed E-state index contributed by atoms with van der Waals surface area (Å²) in [5.74, 6) is 0.122. The fraction of sp³-hybridized carbons (Fsp3) is 0.318. The summed E-state index contributed by atoms with van der Waals surface area (Å²) in [5.41, 5.74) is 2.69. The van der Waals surface area contributed by atoms with Crippen molar-refractivity contribution in [2.24, 2.45) is 7.05 Å². The number of ketones is 1. The number of nitrogens with zero attached hydrogens (tertiary/aromatic N) is 2. The lowest BCUT2D eigenvalue weighted by atomic mass is 9.99. The minimum Gasteiger partial charge on any atom is -0.360 e. The molecule has 3 aromatic rings. The van der Waals surface area contributed by atoms with Crippen LogP contribution in [-0.4, -0.2) is 27.5 Å². The van der Waals surface area contributed by atoms with E-state index in [0.29, 0.717) is 28.3 Å². The molecule has 1 amide bonds. The van der Waals surface area contributed by atoms with Crippen LogP contribution in [0, 0.1) is 6.92 Å². The molecule has 0 aliphatic heterocycles. The van der Waals surface area contributed by atoms with Crippen molar-refractivity contribution in [1.29, 1.82) is 0 Å². The van der Waals surface area contributed by atoms with Gasteiger partial charge in [-0.25, -0.2) is 0 Å². The first-order chi connectivity index (χ1) is 13.5. The summed E-state index contributed by atoms with van der Waals surface area (Å²) in [7, 11) is 1.78. The molecule has 1 aromatic carbocycles. The first-order valence-electron chi connectivity index (χ1n) is 9.58. The quantitative estimate of drug-likeness (QED) is 0.684. The molecule has 28 heavy (non-hydrogen) atoms. The zero-order chi connectivity index (χ0) is 19.7. The van der Waals surface area contributed by atoms with Crippen LogP contribution in [0.5, 0.6) is 0 Å². The molecule has 0 spiro atoms. The molecule has 4 rings (SSSR count). The summed E-state index contributed by atoms with van der Waals surface area (Å²) < 4.78 is 7.01. The van der Waals surface area contributed by atoms with E-state index in [9.17, 15) is 9.59 Å². The summed E-state index contributed by atoms with van der Waals surface area (Å²) in [6.07, 6.45) is 6.02. The minimum atomic E-state index is -0.201. The van der Waals surface area contributed by atoms with Crippen LogP contribution in [0.1, 0.15) is 57.9 Å². The maximum absolute atomic E-state index is 13.2. The number of nitrogens with one attached hydrogen (secondary N) is 1. The lowest BCUT2D eigenvalue weighted by molar-refractivity contribution is 0.0929. The Kier molecular flexibility index (Phi) is 4.86. The molecule has 1 fully saturated rings. The molecule has 0 saturated heterocycles. The van der Waals surface area contributed by atoms with Gasteiger partial charge in [-0.15, -0.1) is 0 Å². The second-order valence-electron chi connectivity index (χ2n) is 7.34. The van der Waals surface area contributed by atoms with Crippen molar-refractivity contribution in [3.63, 3.8) is 0 Å². The Morgan fingerprint density at radius 1 is 1.18 bits per heavy atom. The number of hydrogen-bond donors (Lipinski definition) is 1. The Labute approximate surface area is 163 Å². The molecule has 2 heterocycles. The SMILES string of the molecule is Cc1onc(-c2ccccc2)c1C(=O)c1cc(C(=O)NC2CCCC2)n(C)c1. The van der Waals surface area contributed by atoms with Gasteiger partial charge < -0.3 is 14.4 Å². The van der Waals surface area contributed by atoms with Crippen molar-refractivity contribution < 1.29 is 14.1 Å². The van der Waals surface area contributed by atoms with Crippen LogP contribution in [0.15, 0.2) is 47.1 Å². The van der Waals surface area contributed by atoms with E-state index in [1.807, 2.05) is 30.3 Å². The number of amides is 1. The topological polar surface area (TPSA) is 77.1 Å². The van der Waals surface area contributed by atoms with Gasteiger partial charge in [0.05, 0.1) is 5.56 Å². The molecule has 1 saturated carbocycles. The van der Waals surface area contributed by atoms with Gasteiger partial charge in [0.2, 0.25) is 0 Å². The van der Waals surface area contributed by atoms with Gasteiger partial charge in [0.15, 0.2) is 5.78 Å². The van der Waals surface area contributed by atoms with Gasteiger partial charge in [-0.1, -0.05) is 48.3 Å². The molecule has 0 atom stereocenters. The van der Waals surface area contributed by atoms with Crippen molar-refractivity contribution in [1.82, 2.24) is 15.0 Å². The highest BCUT2D eigenvalue weighted by Gasteiger charge is 2.26. The van der Waals surface area contributed by atoms with Crippen molar-refractivity contribution in [3.8, 4) is 11.3 Å². The number of aryl methyl sites for hydroxylation is 2. The van der Waals surface area contributed by atoms with Gasteiger partial charge in [0.25, 0.3) is 5.91 Å². The second-order valence-corrected chi connectivity index (χ2v) is 7.34. The van der Waals surface area contributed by atoms with Crippen LogP contribution in [0.4, 0.5) is 0 Å². The molecule has 1 aliphatic rings. The first kappa shape index (κ1) is 18.2. The van der Waals surface area contributed by atoms with Crippen LogP contribution in [-0.2, 0) is 7.05 Å². The second kappa shape index (κ2) is 7.46. The highest BCUT2D eigenvalue weighted by Crippen LogP contribution is 2.28. The monoisotopic (exact) mass is 377 g/mol. The fourth-order valence-corrected chi connectivity index (χ4v) is 3.82. The first-order valence-corrected chi connectivity index (χ1v) is 9.58. The molecule has 144 valence electrons. The fourth-order valence-electron chi connectivity index (χ4n) is 3.82.